The van der Waals surface area contributed by atoms with E-state index in [0.29, 0.717) is 6.42 Å². The van der Waals surface area contributed by atoms with Gasteiger partial charge in [-0.2, -0.15) is 0 Å². The van der Waals surface area contributed by atoms with Gasteiger partial charge in [0.1, 0.15) is 23.2 Å². The third-order valence-corrected chi connectivity index (χ3v) is 11.4. The van der Waals surface area contributed by atoms with Crippen LogP contribution < -0.4 is 32.9 Å². The van der Waals surface area contributed by atoms with E-state index in [-0.39, 0.29) is 22.9 Å². The Kier molecular flexibility index (Phi) is 14.8. The zero-order valence-corrected chi connectivity index (χ0v) is 25.0. The van der Waals surface area contributed by atoms with Gasteiger partial charge in [-0.05, 0) is 55.7 Å². The normalized spacial score (nSPS) is 11.1. The van der Waals surface area contributed by atoms with Gasteiger partial charge in [0.25, 0.3) is 0 Å². The Morgan fingerprint density at radius 1 is 0.703 bits per heavy atom. The summed E-state index contributed by atoms with van der Waals surface area (Å²) in [6.45, 7) is 4.57. The third kappa shape index (κ3) is 9.36. The Balaban J connectivity index is 0.00000481. The summed E-state index contributed by atoms with van der Waals surface area (Å²) >= 11 is 0. The Labute approximate surface area is 235 Å². The number of hydrogen-bond acceptors (Lipinski definition) is 2. The summed E-state index contributed by atoms with van der Waals surface area (Å²) in [4.78, 5) is 14.0. The van der Waals surface area contributed by atoms with Gasteiger partial charge >= 0.3 is 0 Å². The molecule has 0 aromatic heterocycles. The number of hydrogen-bond donors (Lipinski definition) is 0. The summed E-state index contributed by atoms with van der Waals surface area (Å²) in [5.41, 5.74) is 0. The average molecular weight is 585 g/mol. The lowest BCUT2D eigenvalue weighted by Gasteiger charge is -2.27. The molecule has 5 heteroatoms. The minimum atomic E-state index is -1.77. The lowest BCUT2D eigenvalue weighted by Crippen LogP contribution is -3.00. The summed E-state index contributed by atoms with van der Waals surface area (Å²) in [6.07, 6.45) is 7.97. The Hall–Kier alpha value is -2.00. The molecular formula is C32H43BrNO2P. The number of halogens is 1. The van der Waals surface area contributed by atoms with Crippen molar-refractivity contribution >= 4 is 29.1 Å². The van der Waals surface area contributed by atoms with Crippen molar-refractivity contribution < 1.29 is 26.5 Å². The first kappa shape index (κ1) is 31.2. The van der Waals surface area contributed by atoms with Crippen LogP contribution in [-0.2, 0) is 9.53 Å². The summed E-state index contributed by atoms with van der Waals surface area (Å²) < 4.78 is 6.07. The maximum atomic E-state index is 12.2. The smallest absolute Gasteiger partial charge is 0.222 e. The highest BCUT2D eigenvalue weighted by atomic mass is 79.9. The van der Waals surface area contributed by atoms with Crippen molar-refractivity contribution in [3.8, 4) is 0 Å². The number of benzene rings is 3. The van der Waals surface area contributed by atoms with Crippen LogP contribution in [0.4, 0.5) is 0 Å². The number of ether oxygens (including phenoxy) is 1. The summed E-state index contributed by atoms with van der Waals surface area (Å²) in [5.74, 6) is 0.271. The molecular weight excluding hydrogens is 541 g/mol. The van der Waals surface area contributed by atoms with Crippen molar-refractivity contribution in [3.05, 3.63) is 91.0 Å². The second-order valence-electron chi connectivity index (χ2n) is 9.49. The van der Waals surface area contributed by atoms with Crippen LogP contribution in [0.3, 0.4) is 0 Å². The van der Waals surface area contributed by atoms with E-state index in [1.54, 1.807) is 0 Å². The van der Waals surface area contributed by atoms with E-state index < -0.39 is 7.26 Å². The van der Waals surface area contributed by atoms with Crippen LogP contribution in [0.5, 0.6) is 0 Å². The van der Waals surface area contributed by atoms with Crippen LogP contribution >= 0.6 is 7.26 Å². The molecule has 0 heterocycles. The monoisotopic (exact) mass is 583 g/mol. The van der Waals surface area contributed by atoms with Crippen LogP contribution in [0.25, 0.3) is 0 Å². The molecule has 0 atom stereocenters. The fourth-order valence-electron chi connectivity index (χ4n) is 4.76. The highest BCUT2D eigenvalue weighted by Crippen LogP contribution is 2.55. The largest absolute Gasteiger partial charge is 1.00 e. The average Bonchev–Trinajstić information content (AvgIpc) is 2.94. The van der Waals surface area contributed by atoms with Crippen molar-refractivity contribution in [1.82, 2.24) is 4.90 Å². The second-order valence-corrected chi connectivity index (χ2v) is 13.1. The number of nitrogens with zero attached hydrogens (tertiary/aromatic N) is 1. The number of carbonyl (C=O) groups excluding carboxylic acids is 1. The van der Waals surface area contributed by atoms with Crippen molar-refractivity contribution in [1.29, 1.82) is 0 Å². The van der Waals surface area contributed by atoms with Crippen molar-refractivity contribution in [3.63, 3.8) is 0 Å². The van der Waals surface area contributed by atoms with Crippen LogP contribution in [0.15, 0.2) is 91.0 Å². The highest BCUT2D eigenvalue weighted by molar-refractivity contribution is 7.95. The fourth-order valence-corrected chi connectivity index (χ4v) is 9.07. The zero-order chi connectivity index (χ0) is 25.5. The van der Waals surface area contributed by atoms with E-state index >= 15 is 0 Å². The molecule has 0 saturated heterocycles. The molecule has 0 unspecified atom stereocenters. The van der Waals surface area contributed by atoms with Gasteiger partial charge in [-0.1, -0.05) is 74.4 Å². The molecule has 0 aliphatic rings. The van der Waals surface area contributed by atoms with Crippen LogP contribution in [-0.4, -0.2) is 43.8 Å². The molecule has 0 aliphatic carbocycles. The predicted octanol–water partition coefficient (Wildman–Crippen LogP) is 3.21. The quantitative estimate of drug-likeness (QED) is 0.191. The number of amides is 1. The molecule has 0 aliphatic heterocycles. The first-order chi connectivity index (χ1) is 17.7. The standard InChI is InChI=1S/C32H43NO2P.BrH/c1-3-4-25-33(2)32(34)24-15-8-16-26-35-27-17-28-36(29-18-9-5-10-19-29,30-20-11-6-12-21-30)31-22-13-7-14-23-31;/h5-7,9-14,18-23H,3-4,8,15-17,24-28H2,1-2H3;1H/q+1;/p-1. The van der Waals surface area contributed by atoms with Gasteiger partial charge < -0.3 is 26.6 Å². The van der Waals surface area contributed by atoms with E-state index in [1.807, 2.05) is 11.9 Å². The molecule has 0 saturated carbocycles. The molecule has 200 valence electrons. The van der Waals surface area contributed by atoms with Crippen molar-refractivity contribution in [2.75, 3.05) is 33.0 Å². The van der Waals surface area contributed by atoms with Gasteiger partial charge in [-0.25, -0.2) is 0 Å². The lowest BCUT2D eigenvalue weighted by molar-refractivity contribution is -0.130. The van der Waals surface area contributed by atoms with Gasteiger partial charge in [0.2, 0.25) is 5.91 Å². The van der Waals surface area contributed by atoms with E-state index in [1.165, 1.54) is 15.9 Å². The van der Waals surface area contributed by atoms with Gasteiger partial charge in [0, 0.05) is 33.0 Å². The molecule has 0 radical (unpaired) electrons. The van der Waals surface area contributed by atoms with Crippen LogP contribution in [0.1, 0.15) is 51.9 Å². The zero-order valence-electron chi connectivity index (χ0n) is 22.5. The Bertz CT molecular complexity index is 904. The van der Waals surface area contributed by atoms with E-state index in [4.69, 9.17) is 4.74 Å². The third-order valence-electron chi connectivity index (χ3n) is 6.83. The van der Waals surface area contributed by atoms with E-state index in [2.05, 4.69) is 97.9 Å². The first-order valence-electron chi connectivity index (χ1n) is 13.5. The summed E-state index contributed by atoms with van der Waals surface area (Å²) in [6, 6.07) is 33.1. The van der Waals surface area contributed by atoms with Crippen LogP contribution in [0, 0.1) is 0 Å². The second kappa shape index (κ2) is 17.5. The minimum absolute atomic E-state index is 0. The summed E-state index contributed by atoms with van der Waals surface area (Å²) in [7, 11) is 0.150. The number of unbranched alkanes of at least 4 members (excludes halogenated alkanes) is 3. The molecule has 0 N–H and O–H groups in total. The molecule has 3 rings (SSSR count). The highest BCUT2D eigenvalue weighted by Gasteiger charge is 2.44. The SMILES string of the molecule is CCCCN(C)C(=O)CCCCCOCCC[P+](c1ccccc1)(c1ccccc1)c1ccccc1.[Br-]. The van der Waals surface area contributed by atoms with E-state index in [0.717, 1.165) is 64.4 Å². The van der Waals surface area contributed by atoms with Crippen molar-refractivity contribution in [2.45, 2.75) is 51.9 Å². The molecule has 3 aromatic rings. The fraction of sp³-hybridized carbons (Fsp3) is 0.406. The topological polar surface area (TPSA) is 29.5 Å². The van der Waals surface area contributed by atoms with Gasteiger partial charge in [-0.15, -0.1) is 0 Å². The molecule has 0 bridgehead atoms. The molecule has 37 heavy (non-hydrogen) atoms. The Morgan fingerprint density at radius 3 is 1.68 bits per heavy atom. The molecule has 0 spiro atoms. The number of carbonyl (C=O) groups is 1. The predicted molar refractivity (Wildman–Crippen MR) is 156 cm³/mol. The minimum Gasteiger partial charge on any atom is -1.00 e. The molecule has 0 fully saturated rings. The van der Waals surface area contributed by atoms with Gasteiger partial charge in [-0.3, -0.25) is 4.79 Å². The summed E-state index contributed by atoms with van der Waals surface area (Å²) in [5, 5.41) is 4.28. The Morgan fingerprint density at radius 2 is 1.19 bits per heavy atom. The van der Waals surface area contributed by atoms with E-state index in [9.17, 15) is 4.79 Å². The molecule has 3 aromatic carbocycles. The van der Waals surface area contributed by atoms with Crippen LogP contribution in [0.2, 0.25) is 0 Å². The van der Waals surface area contributed by atoms with Gasteiger partial charge in [0.15, 0.2) is 0 Å². The molecule has 1 amide bonds. The lowest BCUT2D eigenvalue weighted by atomic mass is 10.2. The van der Waals surface area contributed by atoms with Gasteiger partial charge in [0.05, 0.1) is 12.8 Å². The van der Waals surface area contributed by atoms with Crippen molar-refractivity contribution in [2.24, 2.45) is 0 Å². The number of rotatable bonds is 16. The maximum absolute atomic E-state index is 12.2. The first-order valence-corrected chi connectivity index (χ1v) is 15.5. The maximum Gasteiger partial charge on any atom is 0.222 e. The molecule has 3 nitrogen and oxygen atoms in total.